The lowest BCUT2D eigenvalue weighted by molar-refractivity contribution is -0.645. The molecule has 0 aliphatic carbocycles. The Hall–Kier alpha value is -3.46. The lowest BCUT2D eigenvalue weighted by atomic mass is 10.1. The first-order valence-corrected chi connectivity index (χ1v) is 11.5. The van der Waals surface area contributed by atoms with Crippen molar-refractivity contribution in [2.75, 3.05) is 19.0 Å². The van der Waals surface area contributed by atoms with Gasteiger partial charge in [0.25, 0.3) is 5.03 Å². The second-order valence-electron chi connectivity index (χ2n) is 7.63. The number of hydrogen-bond donors (Lipinski definition) is 0. The predicted molar refractivity (Wildman–Crippen MR) is 122 cm³/mol. The number of ketones is 1. The number of esters is 1. The molecule has 0 saturated carbocycles. The lowest BCUT2D eigenvalue weighted by Crippen LogP contribution is -2.33. The molecule has 1 aliphatic heterocycles. The Labute approximate surface area is 195 Å². The van der Waals surface area contributed by atoms with E-state index in [1.165, 1.54) is 6.20 Å². The van der Waals surface area contributed by atoms with Crippen LogP contribution in [0.4, 0.5) is 0 Å². The minimum Gasteiger partial charge on any atom is -0.618 e. The van der Waals surface area contributed by atoms with Gasteiger partial charge in [0, 0.05) is 29.1 Å². The topological polar surface area (TPSA) is 93.7 Å². The first-order chi connectivity index (χ1) is 15.9. The van der Waals surface area contributed by atoms with Gasteiger partial charge >= 0.3 is 5.97 Å². The van der Waals surface area contributed by atoms with Gasteiger partial charge in [-0.15, -0.1) is 0 Å². The second-order valence-corrected chi connectivity index (χ2v) is 8.63. The Kier molecular flexibility index (Phi) is 6.88. The normalized spacial score (nSPS) is 14.7. The Morgan fingerprint density at radius 3 is 2.73 bits per heavy atom. The molecule has 0 spiro atoms. The summed E-state index contributed by atoms with van der Waals surface area (Å²) < 4.78 is 19.6. The van der Waals surface area contributed by atoms with Gasteiger partial charge in [0.1, 0.15) is 12.4 Å². The van der Waals surface area contributed by atoms with Crippen molar-refractivity contribution in [2.45, 2.75) is 31.5 Å². The number of benzene rings is 1. The molecule has 2 aromatic heterocycles. The number of para-hydroxylation sites is 2. The summed E-state index contributed by atoms with van der Waals surface area (Å²) in [7, 11) is 0. The first kappa shape index (κ1) is 22.7. The summed E-state index contributed by atoms with van der Waals surface area (Å²) in [5, 5.41) is 12.0. The third-order valence-electron chi connectivity index (χ3n) is 5.32. The van der Waals surface area contributed by atoms with E-state index in [1.807, 2.05) is 42.7 Å². The predicted octanol–water partition coefficient (Wildman–Crippen LogP) is 3.10. The quantitative estimate of drug-likeness (QED) is 0.165. The highest BCUT2D eigenvalue weighted by Gasteiger charge is 2.24. The molecule has 0 fully saturated rings. The van der Waals surface area contributed by atoms with E-state index in [4.69, 9.17) is 14.2 Å². The molecule has 0 unspecified atom stereocenters. The van der Waals surface area contributed by atoms with Gasteiger partial charge in [-0.3, -0.25) is 9.59 Å². The number of thioether (sulfide) groups is 1. The Morgan fingerprint density at radius 2 is 1.94 bits per heavy atom. The fraction of sp³-hybridized carbons (Fsp3) is 0.292. The summed E-state index contributed by atoms with van der Waals surface area (Å²) in [6.07, 6.45) is 1.17. The average Bonchev–Trinajstić information content (AvgIpc) is 3.10. The number of carbonyl (C=O) groups is 2. The van der Waals surface area contributed by atoms with Crippen molar-refractivity contribution in [2.24, 2.45) is 0 Å². The molecule has 3 heterocycles. The summed E-state index contributed by atoms with van der Waals surface area (Å²) >= 11 is 1.06. The van der Waals surface area contributed by atoms with Crippen LogP contribution in [0.25, 0.3) is 0 Å². The van der Waals surface area contributed by atoms with Crippen molar-refractivity contribution >= 4 is 23.5 Å². The molecule has 9 heteroatoms. The van der Waals surface area contributed by atoms with Crippen LogP contribution in [0.5, 0.6) is 11.5 Å². The van der Waals surface area contributed by atoms with Crippen molar-refractivity contribution < 1.29 is 28.5 Å². The molecule has 1 aromatic carbocycles. The molecular weight excluding hydrogens is 444 g/mol. The molecule has 172 valence electrons. The van der Waals surface area contributed by atoms with E-state index in [9.17, 15) is 14.8 Å². The number of aryl methyl sites for hydroxylation is 1. The van der Waals surface area contributed by atoms with Gasteiger partial charge < -0.3 is 24.0 Å². The molecule has 0 saturated heterocycles. The maximum absolute atomic E-state index is 12.7. The molecule has 1 aliphatic rings. The van der Waals surface area contributed by atoms with Gasteiger partial charge in [-0.2, -0.15) is 4.73 Å². The number of rotatable bonds is 8. The summed E-state index contributed by atoms with van der Waals surface area (Å²) in [4.78, 5) is 24.8. The fourth-order valence-corrected chi connectivity index (χ4v) is 4.36. The first-order valence-electron chi connectivity index (χ1n) is 10.5. The zero-order valence-electron chi connectivity index (χ0n) is 18.4. The van der Waals surface area contributed by atoms with Gasteiger partial charge in [0.2, 0.25) is 5.78 Å². The van der Waals surface area contributed by atoms with E-state index in [-0.39, 0.29) is 24.2 Å². The van der Waals surface area contributed by atoms with Crippen LogP contribution in [0.1, 0.15) is 21.7 Å². The highest BCUT2D eigenvalue weighted by molar-refractivity contribution is 7.99. The van der Waals surface area contributed by atoms with E-state index in [0.29, 0.717) is 34.2 Å². The number of nitrogens with zero attached hydrogens (tertiary/aromatic N) is 2. The van der Waals surface area contributed by atoms with Crippen molar-refractivity contribution in [1.29, 1.82) is 0 Å². The number of carbonyl (C=O) groups excluding carboxylic acids is 2. The largest absolute Gasteiger partial charge is 0.618 e. The molecule has 0 radical (unpaired) electrons. The third kappa shape index (κ3) is 5.31. The van der Waals surface area contributed by atoms with Crippen molar-refractivity contribution in [3.05, 3.63) is 76.9 Å². The standard InChI is InChI=1S/C24H24N2O6S/c1-16-11-19(20(27)14-31-24(28)15-33-23-9-5-6-10-26(23)29)17(2)25(16)12-18-13-30-21-7-3-4-8-22(21)32-18/h3-11,18H,12-15H2,1-2H3/t18-/m1/s1. The summed E-state index contributed by atoms with van der Waals surface area (Å²) in [5.41, 5.74) is 2.19. The zero-order valence-corrected chi connectivity index (χ0v) is 19.2. The highest BCUT2D eigenvalue weighted by atomic mass is 32.2. The Morgan fingerprint density at radius 1 is 1.18 bits per heavy atom. The van der Waals surface area contributed by atoms with Crippen LogP contribution in [0.15, 0.2) is 59.8 Å². The number of fused-ring (bicyclic) bond motifs is 1. The van der Waals surface area contributed by atoms with Crippen LogP contribution in [0.2, 0.25) is 0 Å². The number of Topliss-reactive ketones (excluding diaryl/α,β-unsaturated/α-hetero) is 1. The molecule has 0 bridgehead atoms. The molecular formula is C24H24N2O6S. The molecule has 0 N–H and O–H groups in total. The third-order valence-corrected chi connectivity index (χ3v) is 6.31. The van der Waals surface area contributed by atoms with Gasteiger partial charge in [-0.1, -0.05) is 12.1 Å². The molecule has 4 rings (SSSR count). The van der Waals surface area contributed by atoms with Crippen LogP contribution in [0.3, 0.4) is 0 Å². The van der Waals surface area contributed by atoms with Crippen LogP contribution >= 0.6 is 11.8 Å². The number of aromatic nitrogens is 2. The van der Waals surface area contributed by atoms with Crippen LogP contribution in [0, 0.1) is 19.1 Å². The monoisotopic (exact) mass is 468 g/mol. The van der Waals surface area contributed by atoms with E-state index < -0.39 is 5.97 Å². The zero-order chi connectivity index (χ0) is 23.4. The van der Waals surface area contributed by atoms with E-state index in [0.717, 1.165) is 28.9 Å². The Bertz CT molecular complexity index is 1180. The molecule has 0 amide bonds. The SMILES string of the molecule is Cc1cc(C(=O)COC(=O)CSc2cccc[n+]2[O-])c(C)n1C[C@@H]1COc2ccccc2O1. The summed E-state index contributed by atoms with van der Waals surface area (Å²) in [5.74, 6) is 0.534. The molecule has 33 heavy (non-hydrogen) atoms. The minimum absolute atomic E-state index is 0.0565. The summed E-state index contributed by atoms with van der Waals surface area (Å²) in [6.45, 7) is 4.37. The summed E-state index contributed by atoms with van der Waals surface area (Å²) in [6, 6.07) is 14.3. The van der Waals surface area contributed by atoms with Gasteiger partial charge in [0.05, 0.1) is 6.54 Å². The van der Waals surface area contributed by atoms with Gasteiger partial charge in [0.15, 0.2) is 30.4 Å². The molecule has 8 nitrogen and oxygen atoms in total. The van der Waals surface area contributed by atoms with Crippen LogP contribution in [-0.4, -0.2) is 41.4 Å². The fourth-order valence-electron chi connectivity index (χ4n) is 3.64. The lowest BCUT2D eigenvalue weighted by Gasteiger charge is -2.27. The van der Waals surface area contributed by atoms with Crippen molar-refractivity contribution in [1.82, 2.24) is 4.57 Å². The smallest absolute Gasteiger partial charge is 0.316 e. The van der Waals surface area contributed by atoms with E-state index in [1.54, 1.807) is 24.3 Å². The van der Waals surface area contributed by atoms with Crippen LogP contribution in [-0.2, 0) is 16.1 Å². The Balaban J connectivity index is 1.33. The van der Waals surface area contributed by atoms with E-state index >= 15 is 0 Å². The number of hydrogen-bond acceptors (Lipinski definition) is 7. The second kappa shape index (κ2) is 9.99. The number of ether oxygens (including phenoxy) is 3. The maximum Gasteiger partial charge on any atom is 0.316 e. The van der Waals surface area contributed by atoms with Crippen molar-refractivity contribution in [3.63, 3.8) is 0 Å². The highest BCUT2D eigenvalue weighted by Crippen LogP contribution is 2.31. The number of pyridine rings is 1. The minimum atomic E-state index is -0.558. The molecule has 3 aromatic rings. The average molecular weight is 469 g/mol. The van der Waals surface area contributed by atoms with Crippen molar-refractivity contribution in [3.8, 4) is 11.5 Å². The van der Waals surface area contributed by atoms with Crippen LogP contribution < -0.4 is 14.2 Å². The van der Waals surface area contributed by atoms with Gasteiger partial charge in [-0.25, -0.2) is 0 Å². The van der Waals surface area contributed by atoms with E-state index in [2.05, 4.69) is 0 Å². The maximum atomic E-state index is 12.7. The van der Waals surface area contributed by atoms with Gasteiger partial charge in [-0.05, 0) is 49.9 Å². The molecule has 1 atom stereocenters.